The topological polar surface area (TPSA) is 82.3 Å². The molecule has 0 radical (unpaired) electrons. The van der Waals surface area contributed by atoms with E-state index in [0.29, 0.717) is 38.5 Å². The Hall–Kier alpha value is -1.05. The third-order valence-corrected chi connectivity index (χ3v) is 2.00. The molecule has 7 nitrogen and oxygen atoms in total. The van der Waals surface area contributed by atoms with E-state index in [1.165, 1.54) is 4.80 Å². The van der Waals surface area contributed by atoms with Crippen LogP contribution >= 0.6 is 0 Å². The molecule has 1 rings (SSSR count). The van der Waals surface area contributed by atoms with E-state index in [-0.39, 0.29) is 0 Å². The van der Waals surface area contributed by atoms with Crippen LogP contribution in [-0.2, 0) is 22.9 Å². The number of hydrogen-bond donors (Lipinski definition) is 1. The first-order chi connectivity index (χ1) is 7.72. The van der Waals surface area contributed by atoms with E-state index in [4.69, 9.17) is 9.47 Å². The zero-order valence-electron chi connectivity index (χ0n) is 9.67. The Balaban J connectivity index is 2.09. The van der Waals surface area contributed by atoms with Crippen LogP contribution in [0, 0.1) is 0 Å². The molecule has 0 saturated carbocycles. The number of methoxy groups -OCH3 is 1. The minimum Gasteiger partial charge on any atom is -0.393 e. The molecule has 0 amide bonds. The highest BCUT2D eigenvalue weighted by atomic mass is 16.5. The Morgan fingerprint density at radius 2 is 2.19 bits per heavy atom. The summed E-state index contributed by atoms with van der Waals surface area (Å²) in [7, 11) is 3.31. The highest BCUT2D eigenvalue weighted by Crippen LogP contribution is 1.99. The number of aliphatic hydroxyl groups excluding tert-OH is 1. The predicted molar refractivity (Wildman–Crippen MR) is 55.8 cm³/mol. The molecule has 1 heterocycles. The Morgan fingerprint density at radius 3 is 2.81 bits per heavy atom. The SMILES string of the molecule is COCCOCCC(O)Cc1nnn(C)n1. The van der Waals surface area contributed by atoms with Crippen LogP contribution in [0.4, 0.5) is 0 Å². The highest BCUT2D eigenvalue weighted by molar-refractivity contribution is 4.80. The summed E-state index contributed by atoms with van der Waals surface area (Å²) in [6.07, 6.45) is 0.468. The van der Waals surface area contributed by atoms with Crippen molar-refractivity contribution in [3.63, 3.8) is 0 Å². The van der Waals surface area contributed by atoms with Gasteiger partial charge < -0.3 is 14.6 Å². The van der Waals surface area contributed by atoms with Crippen LogP contribution in [-0.4, -0.2) is 58.3 Å². The molecule has 0 aliphatic heterocycles. The smallest absolute Gasteiger partial charge is 0.177 e. The van der Waals surface area contributed by atoms with Gasteiger partial charge in [-0.25, -0.2) is 0 Å². The molecule has 0 saturated heterocycles. The lowest BCUT2D eigenvalue weighted by Crippen LogP contribution is -2.15. The highest BCUT2D eigenvalue weighted by Gasteiger charge is 2.09. The van der Waals surface area contributed by atoms with Crippen molar-refractivity contribution in [2.45, 2.75) is 18.9 Å². The number of aliphatic hydroxyl groups is 1. The summed E-state index contributed by atoms with van der Waals surface area (Å²) in [5.74, 6) is 0.548. The van der Waals surface area contributed by atoms with Crippen molar-refractivity contribution in [2.24, 2.45) is 7.05 Å². The summed E-state index contributed by atoms with van der Waals surface area (Å²) in [6, 6.07) is 0. The van der Waals surface area contributed by atoms with Crippen LogP contribution in [0.1, 0.15) is 12.2 Å². The summed E-state index contributed by atoms with van der Waals surface area (Å²) < 4.78 is 10.1. The Bertz CT molecular complexity index is 292. The monoisotopic (exact) mass is 230 g/mol. The Labute approximate surface area is 94.4 Å². The van der Waals surface area contributed by atoms with Gasteiger partial charge in [0, 0.05) is 20.1 Å². The van der Waals surface area contributed by atoms with Crippen LogP contribution in [0.15, 0.2) is 0 Å². The lowest BCUT2D eigenvalue weighted by atomic mass is 10.2. The van der Waals surface area contributed by atoms with Gasteiger partial charge in [-0.3, -0.25) is 0 Å². The minimum absolute atomic E-state index is 0.404. The number of aryl methyl sites for hydroxylation is 1. The molecule has 0 spiro atoms. The summed E-state index contributed by atoms with van der Waals surface area (Å²) in [5.41, 5.74) is 0. The molecule has 1 atom stereocenters. The van der Waals surface area contributed by atoms with Gasteiger partial charge >= 0.3 is 0 Å². The summed E-state index contributed by atoms with van der Waals surface area (Å²) in [5, 5.41) is 21.1. The number of rotatable bonds is 8. The molecular formula is C9H18N4O3. The lowest BCUT2D eigenvalue weighted by molar-refractivity contribution is 0.0475. The van der Waals surface area contributed by atoms with E-state index < -0.39 is 6.10 Å². The largest absolute Gasteiger partial charge is 0.393 e. The van der Waals surface area contributed by atoms with Gasteiger partial charge in [-0.2, -0.15) is 4.80 Å². The summed E-state index contributed by atoms with van der Waals surface area (Å²) in [4.78, 5) is 1.37. The number of nitrogens with zero attached hydrogens (tertiary/aromatic N) is 4. The fourth-order valence-corrected chi connectivity index (χ4v) is 1.18. The molecule has 0 bridgehead atoms. The number of ether oxygens (including phenoxy) is 2. The van der Waals surface area contributed by atoms with Gasteiger partial charge in [0.25, 0.3) is 0 Å². The second kappa shape index (κ2) is 7.26. The van der Waals surface area contributed by atoms with Crippen molar-refractivity contribution in [1.82, 2.24) is 20.2 Å². The van der Waals surface area contributed by atoms with E-state index in [1.807, 2.05) is 0 Å². The van der Waals surface area contributed by atoms with Crippen LogP contribution in [0.5, 0.6) is 0 Å². The molecular weight excluding hydrogens is 212 g/mol. The van der Waals surface area contributed by atoms with Crippen LogP contribution in [0.25, 0.3) is 0 Å². The van der Waals surface area contributed by atoms with E-state index >= 15 is 0 Å². The maximum atomic E-state index is 9.64. The van der Waals surface area contributed by atoms with Crippen LogP contribution in [0.2, 0.25) is 0 Å². The van der Waals surface area contributed by atoms with Gasteiger partial charge in [0.1, 0.15) is 0 Å². The van der Waals surface area contributed by atoms with E-state index in [0.717, 1.165) is 0 Å². The van der Waals surface area contributed by atoms with Gasteiger partial charge in [-0.15, -0.1) is 10.2 Å². The second-order valence-corrected chi connectivity index (χ2v) is 3.45. The van der Waals surface area contributed by atoms with Crippen molar-refractivity contribution >= 4 is 0 Å². The van der Waals surface area contributed by atoms with E-state index in [1.54, 1.807) is 14.2 Å². The number of aromatic nitrogens is 4. The van der Waals surface area contributed by atoms with Crippen LogP contribution < -0.4 is 0 Å². The maximum absolute atomic E-state index is 9.64. The fraction of sp³-hybridized carbons (Fsp3) is 0.889. The predicted octanol–water partition coefficient (Wildman–Crippen LogP) is -0.833. The molecule has 1 unspecified atom stereocenters. The summed E-state index contributed by atoms with van der Waals surface area (Å²) >= 11 is 0. The molecule has 0 fully saturated rings. The van der Waals surface area contributed by atoms with Gasteiger partial charge in [-0.05, 0) is 11.6 Å². The average Bonchev–Trinajstić information content (AvgIpc) is 2.63. The van der Waals surface area contributed by atoms with Crippen molar-refractivity contribution in [1.29, 1.82) is 0 Å². The molecule has 0 aliphatic rings. The zero-order valence-corrected chi connectivity index (χ0v) is 9.67. The van der Waals surface area contributed by atoms with Crippen LogP contribution in [0.3, 0.4) is 0 Å². The van der Waals surface area contributed by atoms with Gasteiger partial charge in [-0.1, -0.05) is 0 Å². The average molecular weight is 230 g/mol. The molecule has 92 valence electrons. The normalized spacial score (nSPS) is 12.9. The first-order valence-corrected chi connectivity index (χ1v) is 5.20. The molecule has 7 heteroatoms. The lowest BCUT2D eigenvalue weighted by Gasteiger charge is -2.08. The fourth-order valence-electron chi connectivity index (χ4n) is 1.18. The quantitative estimate of drug-likeness (QED) is 0.587. The standard InChI is InChI=1S/C9H18N4O3/c1-13-11-9(10-12-13)7-8(14)3-4-16-6-5-15-2/h8,14H,3-7H2,1-2H3. The first kappa shape index (κ1) is 13.0. The molecule has 1 N–H and O–H groups in total. The molecule has 1 aromatic heterocycles. The first-order valence-electron chi connectivity index (χ1n) is 5.20. The minimum atomic E-state index is -0.494. The third-order valence-electron chi connectivity index (χ3n) is 2.00. The number of tetrazole rings is 1. The van der Waals surface area contributed by atoms with Gasteiger partial charge in [0.05, 0.1) is 26.4 Å². The number of hydrogen-bond acceptors (Lipinski definition) is 6. The zero-order chi connectivity index (χ0) is 11.8. The maximum Gasteiger partial charge on any atom is 0.177 e. The van der Waals surface area contributed by atoms with Crippen molar-refractivity contribution in [2.75, 3.05) is 26.9 Å². The molecule has 0 aromatic carbocycles. The van der Waals surface area contributed by atoms with Gasteiger partial charge in [0.2, 0.25) is 0 Å². The third kappa shape index (κ3) is 5.15. The molecule has 0 aliphatic carbocycles. The summed E-state index contributed by atoms with van der Waals surface area (Å²) in [6.45, 7) is 1.62. The Kier molecular flexibility index (Phi) is 5.91. The van der Waals surface area contributed by atoms with Crippen molar-refractivity contribution < 1.29 is 14.6 Å². The molecule has 16 heavy (non-hydrogen) atoms. The van der Waals surface area contributed by atoms with Crippen molar-refractivity contribution in [3.8, 4) is 0 Å². The molecule has 1 aromatic rings. The van der Waals surface area contributed by atoms with Gasteiger partial charge in [0.15, 0.2) is 5.82 Å². The Morgan fingerprint density at radius 1 is 1.38 bits per heavy atom. The van der Waals surface area contributed by atoms with E-state index in [9.17, 15) is 5.11 Å². The second-order valence-electron chi connectivity index (χ2n) is 3.45. The van der Waals surface area contributed by atoms with Crippen molar-refractivity contribution in [3.05, 3.63) is 5.82 Å². The van der Waals surface area contributed by atoms with E-state index in [2.05, 4.69) is 15.4 Å².